The molecule has 2 heterocycles. The molecule has 0 saturated heterocycles. The van der Waals surface area contributed by atoms with Crippen molar-refractivity contribution in [2.45, 2.75) is 19.9 Å². The van der Waals surface area contributed by atoms with E-state index in [4.69, 9.17) is 9.15 Å². The molecule has 26 heavy (non-hydrogen) atoms. The summed E-state index contributed by atoms with van der Waals surface area (Å²) in [5.74, 6) is -0.156. The molecule has 0 bridgehead atoms. The molecule has 0 radical (unpaired) electrons. The van der Waals surface area contributed by atoms with Gasteiger partial charge in [0.1, 0.15) is 5.58 Å². The third-order valence-electron chi connectivity index (χ3n) is 4.85. The number of carbonyl (C=O) groups is 1. The van der Waals surface area contributed by atoms with Crippen LogP contribution < -0.4 is 15.5 Å². The van der Waals surface area contributed by atoms with Crippen LogP contribution in [0.3, 0.4) is 0 Å². The monoisotopic (exact) mass is 351 g/mol. The number of phenolic OH excluding ortho intramolecular Hbond substituents is 1. The highest BCUT2D eigenvalue weighted by Gasteiger charge is 2.36. The number of carbonyl (C=O) groups excluding carboxylic acids is 1. The average Bonchev–Trinajstić information content (AvgIpc) is 2.94. The molecule has 1 aromatic heterocycles. The zero-order chi connectivity index (χ0) is 18.6. The van der Waals surface area contributed by atoms with Crippen LogP contribution in [-0.4, -0.2) is 18.1 Å². The van der Waals surface area contributed by atoms with Crippen molar-refractivity contribution in [2.24, 2.45) is 0 Å². The van der Waals surface area contributed by atoms with Gasteiger partial charge >= 0.3 is 0 Å². The molecule has 0 unspecified atom stereocenters. The lowest BCUT2D eigenvalue weighted by Crippen LogP contribution is -2.22. The van der Waals surface area contributed by atoms with Gasteiger partial charge in [0.05, 0.1) is 24.1 Å². The summed E-state index contributed by atoms with van der Waals surface area (Å²) in [6, 6.07) is 7.61. The lowest BCUT2D eigenvalue weighted by Gasteiger charge is -2.13. The van der Waals surface area contributed by atoms with E-state index in [1.54, 1.807) is 24.3 Å². The van der Waals surface area contributed by atoms with Crippen molar-refractivity contribution in [2.75, 3.05) is 7.11 Å². The van der Waals surface area contributed by atoms with E-state index < -0.39 is 11.9 Å². The van der Waals surface area contributed by atoms with E-state index >= 15 is 0 Å². The van der Waals surface area contributed by atoms with Gasteiger partial charge in [-0.3, -0.25) is 9.59 Å². The number of benzene rings is 2. The van der Waals surface area contributed by atoms with Crippen LogP contribution in [0.25, 0.3) is 11.0 Å². The molecular weight excluding hydrogens is 334 g/mol. The maximum atomic E-state index is 13.1. The van der Waals surface area contributed by atoms with Crippen LogP contribution in [0.4, 0.5) is 0 Å². The molecule has 132 valence electrons. The van der Waals surface area contributed by atoms with E-state index in [-0.39, 0.29) is 28.3 Å². The van der Waals surface area contributed by atoms with Crippen LogP contribution in [0, 0.1) is 13.8 Å². The smallest absolute Gasteiger partial charge is 0.288 e. The molecule has 1 aliphatic rings. The fourth-order valence-corrected chi connectivity index (χ4v) is 3.29. The second-order valence-corrected chi connectivity index (χ2v) is 6.44. The first-order valence-corrected chi connectivity index (χ1v) is 8.16. The number of hydrogen-bond donors (Lipinski definition) is 2. The summed E-state index contributed by atoms with van der Waals surface area (Å²) in [5, 5.41) is 13.0. The Hall–Kier alpha value is -3.28. The average molecular weight is 351 g/mol. The number of amides is 1. The van der Waals surface area contributed by atoms with Gasteiger partial charge in [-0.1, -0.05) is 6.07 Å². The lowest BCUT2D eigenvalue weighted by atomic mass is 9.98. The molecule has 6 heteroatoms. The molecular formula is C20H17NO5. The molecule has 4 rings (SSSR count). The van der Waals surface area contributed by atoms with Crippen LogP contribution in [0.15, 0.2) is 39.5 Å². The van der Waals surface area contributed by atoms with Gasteiger partial charge < -0.3 is 19.6 Å². The molecule has 3 aromatic rings. The van der Waals surface area contributed by atoms with Gasteiger partial charge in [-0.25, -0.2) is 0 Å². The Morgan fingerprint density at radius 1 is 1.12 bits per heavy atom. The third-order valence-corrected chi connectivity index (χ3v) is 4.85. The zero-order valence-electron chi connectivity index (χ0n) is 14.5. The van der Waals surface area contributed by atoms with Gasteiger partial charge in [-0.2, -0.15) is 0 Å². The third kappa shape index (κ3) is 2.26. The number of aryl methyl sites for hydroxylation is 2. The molecule has 6 nitrogen and oxygen atoms in total. The molecule has 2 aromatic carbocycles. The number of methoxy groups -OCH3 is 1. The SMILES string of the molecule is COc1cc([C@@H]2NC(=O)c3oc4cc(C)c(C)cc4c(=O)c32)ccc1O. The number of fused-ring (bicyclic) bond motifs is 2. The predicted octanol–water partition coefficient (Wildman–Crippen LogP) is 2.96. The number of hydrogen-bond acceptors (Lipinski definition) is 5. The Kier molecular flexibility index (Phi) is 3.50. The minimum Gasteiger partial charge on any atom is -0.504 e. The Morgan fingerprint density at radius 2 is 1.85 bits per heavy atom. The summed E-state index contributed by atoms with van der Waals surface area (Å²) in [4.78, 5) is 25.5. The van der Waals surface area contributed by atoms with Crippen LogP contribution in [0.5, 0.6) is 11.5 Å². The Balaban J connectivity index is 1.97. The first kappa shape index (κ1) is 16.2. The van der Waals surface area contributed by atoms with E-state index in [9.17, 15) is 14.7 Å². The van der Waals surface area contributed by atoms with Gasteiger partial charge in [0.2, 0.25) is 5.76 Å². The Labute approximate surface area is 149 Å². The fraction of sp³-hybridized carbons (Fsp3) is 0.200. The first-order valence-electron chi connectivity index (χ1n) is 8.16. The number of phenols is 1. The summed E-state index contributed by atoms with van der Waals surface area (Å²) < 4.78 is 10.9. The van der Waals surface area contributed by atoms with Crippen molar-refractivity contribution in [3.8, 4) is 11.5 Å². The molecule has 1 atom stereocenters. The molecule has 2 N–H and O–H groups in total. The van der Waals surface area contributed by atoms with E-state index in [0.717, 1.165) is 11.1 Å². The van der Waals surface area contributed by atoms with Gasteiger partial charge in [-0.05, 0) is 54.8 Å². The van der Waals surface area contributed by atoms with E-state index in [0.29, 0.717) is 16.5 Å². The predicted molar refractivity (Wildman–Crippen MR) is 95.9 cm³/mol. The van der Waals surface area contributed by atoms with E-state index in [1.807, 2.05) is 13.8 Å². The summed E-state index contributed by atoms with van der Waals surface area (Å²) in [6.07, 6.45) is 0. The number of nitrogens with one attached hydrogen (secondary N) is 1. The number of aromatic hydroxyl groups is 1. The Bertz CT molecular complexity index is 1130. The van der Waals surface area contributed by atoms with E-state index in [2.05, 4.69) is 5.32 Å². The van der Waals surface area contributed by atoms with Crippen LogP contribution in [0.2, 0.25) is 0 Å². The standard InChI is InChI=1S/C20H17NO5/c1-9-6-12-14(7-10(9)2)26-19-16(18(12)23)17(21-20(19)24)11-4-5-13(22)15(8-11)25-3/h4-8,17,22H,1-3H3,(H,21,24)/t17-/m0/s1. The van der Waals surface area contributed by atoms with Gasteiger partial charge in [0, 0.05) is 0 Å². The fourth-order valence-electron chi connectivity index (χ4n) is 3.29. The summed E-state index contributed by atoms with van der Waals surface area (Å²) in [6.45, 7) is 3.85. The summed E-state index contributed by atoms with van der Waals surface area (Å²) in [7, 11) is 1.44. The van der Waals surface area contributed by atoms with Crippen molar-refractivity contribution < 1.29 is 19.1 Å². The number of ether oxygens (including phenoxy) is 1. The zero-order valence-corrected chi connectivity index (χ0v) is 14.5. The van der Waals surface area contributed by atoms with Crippen LogP contribution in [-0.2, 0) is 0 Å². The Morgan fingerprint density at radius 3 is 2.58 bits per heavy atom. The van der Waals surface area contributed by atoms with Crippen molar-refractivity contribution in [3.05, 3.63) is 68.6 Å². The van der Waals surface area contributed by atoms with E-state index in [1.165, 1.54) is 13.2 Å². The highest BCUT2D eigenvalue weighted by molar-refractivity contribution is 5.99. The minimum absolute atomic E-state index is 0.0163. The molecule has 1 amide bonds. The van der Waals surface area contributed by atoms with Crippen molar-refractivity contribution in [1.82, 2.24) is 5.32 Å². The number of rotatable bonds is 2. The maximum Gasteiger partial charge on any atom is 0.288 e. The topological polar surface area (TPSA) is 88.8 Å². The maximum absolute atomic E-state index is 13.1. The summed E-state index contributed by atoms with van der Waals surface area (Å²) in [5.41, 5.74) is 3.03. The molecule has 1 aliphatic heterocycles. The second-order valence-electron chi connectivity index (χ2n) is 6.44. The van der Waals surface area contributed by atoms with Crippen LogP contribution in [0.1, 0.15) is 38.9 Å². The van der Waals surface area contributed by atoms with Crippen LogP contribution >= 0.6 is 0 Å². The molecule has 0 spiro atoms. The van der Waals surface area contributed by atoms with Crippen molar-refractivity contribution >= 4 is 16.9 Å². The molecule has 0 fully saturated rings. The lowest BCUT2D eigenvalue weighted by molar-refractivity contribution is 0.0938. The highest BCUT2D eigenvalue weighted by Crippen LogP contribution is 2.35. The highest BCUT2D eigenvalue weighted by atomic mass is 16.5. The normalized spacial score (nSPS) is 15.8. The minimum atomic E-state index is -0.658. The largest absolute Gasteiger partial charge is 0.504 e. The summed E-state index contributed by atoms with van der Waals surface area (Å²) >= 11 is 0. The molecule has 0 saturated carbocycles. The first-order chi connectivity index (χ1) is 12.4. The van der Waals surface area contributed by atoms with Crippen molar-refractivity contribution in [3.63, 3.8) is 0 Å². The van der Waals surface area contributed by atoms with Gasteiger partial charge in [0.15, 0.2) is 16.9 Å². The van der Waals surface area contributed by atoms with Gasteiger partial charge in [0.25, 0.3) is 5.91 Å². The second kappa shape index (κ2) is 5.62. The molecule has 0 aliphatic carbocycles. The van der Waals surface area contributed by atoms with Gasteiger partial charge in [-0.15, -0.1) is 0 Å². The quantitative estimate of drug-likeness (QED) is 0.741. The van der Waals surface area contributed by atoms with Crippen molar-refractivity contribution in [1.29, 1.82) is 0 Å².